The molecule has 0 radical (unpaired) electrons. The molecule has 0 aliphatic carbocycles. The molecular weight excluding hydrogens is 506 g/mol. The molecule has 1 heterocycles. The fourth-order valence-electron chi connectivity index (χ4n) is 3.05. The Balaban J connectivity index is 1.93. The third-order valence-electron chi connectivity index (χ3n) is 4.90. The molecule has 0 saturated carbocycles. The minimum atomic E-state index is -3.55. The zero-order valence-electron chi connectivity index (χ0n) is 17.6. The van der Waals surface area contributed by atoms with Crippen molar-refractivity contribution in [3.05, 3.63) is 91.3 Å². The smallest absolute Gasteiger partial charge is 0.266 e. The number of H-pyrrole nitrogens is 1. The summed E-state index contributed by atoms with van der Waals surface area (Å²) in [6, 6.07) is 9.55. The second-order valence-electron chi connectivity index (χ2n) is 7.33. The minimum absolute atomic E-state index is 0.139. The predicted octanol–water partition coefficient (Wildman–Crippen LogP) is 4.14. The highest BCUT2D eigenvalue weighted by atomic mass is 79.9. The second kappa shape index (κ2) is 9.51. The highest BCUT2D eigenvalue weighted by Gasteiger charge is 2.19. The summed E-state index contributed by atoms with van der Waals surface area (Å²) in [6.07, 6.45) is 0.324. The Morgan fingerprint density at radius 1 is 1.09 bits per heavy atom. The van der Waals surface area contributed by atoms with E-state index in [4.69, 9.17) is 4.74 Å². The van der Waals surface area contributed by atoms with Crippen LogP contribution in [0, 0.1) is 18.6 Å². The van der Waals surface area contributed by atoms with E-state index in [1.54, 1.807) is 19.1 Å². The molecule has 0 atom stereocenters. The van der Waals surface area contributed by atoms with Crippen LogP contribution in [0.15, 0.2) is 56.6 Å². The van der Waals surface area contributed by atoms with Crippen molar-refractivity contribution in [2.45, 2.75) is 24.8 Å². The molecule has 1 N–H and O–H groups in total. The lowest BCUT2D eigenvalue weighted by Crippen LogP contribution is -2.22. The normalized spacial score (nSPS) is 11.7. The summed E-state index contributed by atoms with van der Waals surface area (Å²) >= 11 is 3.23. The predicted molar refractivity (Wildman–Crippen MR) is 120 cm³/mol. The van der Waals surface area contributed by atoms with Gasteiger partial charge in [-0.2, -0.15) is 0 Å². The number of aryl methyl sites for hydroxylation is 1. The molecule has 0 amide bonds. The molecule has 32 heavy (non-hydrogen) atoms. The monoisotopic (exact) mass is 526 g/mol. The van der Waals surface area contributed by atoms with Crippen LogP contribution in [0.5, 0.6) is 5.75 Å². The van der Waals surface area contributed by atoms with Crippen LogP contribution in [0.3, 0.4) is 0 Å². The highest BCUT2D eigenvalue weighted by Crippen LogP contribution is 2.31. The zero-order valence-corrected chi connectivity index (χ0v) is 20.0. The molecule has 0 unspecified atom stereocenters. The first-order valence-corrected chi connectivity index (χ1v) is 11.7. The van der Waals surface area contributed by atoms with Crippen molar-refractivity contribution in [2.75, 3.05) is 14.1 Å². The van der Waals surface area contributed by atoms with Crippen LogP contribution in [0.4, 0.5) is 8.78 Å². The second-order valence-corrected chi connectivity index (χ2v) is 10.3. The number of rotatable bonds is 7. The lowest BCUT2D eigenvalue weighted by molar-refractivity contribution is 0.293. The number of hydrogen-bond donors (Lipinski definition) is 1. The van der Waals surface area contributed by atoms with E-state index in [2.05, 4.69) is 20.9 Å². The average molecular weight is 527 g/mol. The molecule has 0 spiro atoms. The van der Waals surface area contributed by atoms with Crippen LogP contribution in [0.1, 0.15) is 22.4 Å². The van der Waals surface area contributed by atoms with Gasteiger partial charge in [0.1, 0.15) is 28.5 Å². The summed E-state index contributed by atoms with van der Waals surface area (Å²) in [5.74, 6) is -1.21. The third-order valence-corrected chi connectivity index (χ3v) is 7.45. The van der Waals surface area contributed by atoms with Gasteiger partial charge in [0.15, 0.2) is 0 Å². The summed E-state index contributed by atoms with van der Waals surface area (Å²) < 4.78 is 58.8. The third kappa shape index (κ3) is 5.08. The van der Waals surface area contributed by atoms with E-state index in [9.17, 15) is 22.0 Å². The topological polar surface area (TPSA) is 79.5 Å². The maximum Gasteiger partial charge on any atom is 0.266 e. The van der Waals surface area contributed by atoms with Gasteiger partial charge in [0.2, 0.25) is 10.0 Å². The quantitative estimate of drug-likeness (QED) is 0.501. The van der Waals surface area contributed by atoms with Gasteiger partial charge in [-0.25, -0.2) is 21.5 Å². The van der Waals surface area contributed by atoms with Crippen molar-refractivity contribution in [2.24, 2.45) is 0 Å². The van der Waals surface area contributed by atoms with Gasteiger partial charge in [0, 0.05) is 43.4 Å². The molecular formula is C22H21BrF2N2O4S. The fourth-order valence-corrected chi connectivity index (χ4v) is 4.41. The first-order valence-electron chi connectivity index (χ1n) is 9.50. The summed E-state index contributed by atoms with van der Waals surface area (Å²) in [5, 5.41) is 0. The van der Waals surface area contributed by atoms with Gasteiger partial charge in [0.05, 0.1) is 4.90 Å². The average Bonchev–Trinajstić information content (AvgIpc) is 2.73. The van der Waals surface area contributed by atoms with Crippen molar-refractivity contribution in [1.82, 2.24) is 9.29 Å². The Labute approximate surface area is 193 Å². The zero-order chi connectivity index (χ0) is 23.6. The molecule has 0 aliphatic heterocycles. The van der Waals surface area contributed by atoms with Gasteiger partial charge in [-0.3, -0.25) is 4.79 Å². The number of hydrogen-bond acceptors (Lipinski definition) is 4. The van der Waals surface area contributed by atoms with E-state index in [1.807, 2.05) is 0 Å². The van der Waals surface area contributed by atoms with Crippen LogP contribution >= 0.6 is 15.9 Å². The van der Waals surface area contributed by atoms with E-state index >= 15 is 0 Å². The first kappa shape index (κ1) is 24.1. The molecule has 0 saturated heterocycles. The molecule has 0 bridgehead atoms. The van der Waals surface area contributed by atoms with Crippen LogP contribution in [-0.2, 0) is 23.1 Å². The lowest BCUT2D eigenvalue weighted by Gasteiger charge is -2.16. The number of halogens is 3. The standard InChI is InChI=1S/C22H21BrF2N2O4S/c1-13-18(10-14-4-8-17(9-5-14)32(29,30)27(2)3)21(20(23)22(28)26-13)31-12-15-6-7-16(24)11-19(15)25/h4-9,11H,10,12H2,1-3H3,(H,26,28). The van der Waals surface area contributed by atoms with Crippen molar-refractivity contribution >= 4 is 26.0 Å². The van der Waals surface area contributed by atoms with E-state index in [0.717, 1.165) is 22.0 Å². The van der Waals surface area contributed by atoms with Gasteiger partial charge < -0.3 is 9.72 Å². The lowest BCUT2D eigenvalue weighted by atomic mass is 10.0. The molecule has 1 aromatic heterocycles. The summed E-state index contributed by atoms with van der Waals surface area (Å²) in [5.41, 5.74) is 1.70. The Kier molecular flexibility index (Phi) is 7.16. The molecule has 0 fully saturated rings. The summed E-state index contributed by atoms with van der Waals surface area (Å²) in [6.45, 7) is 1.50. The van der Waals surface area contributed by atoms with E-state index in [-0.39, 0.29) is 27.3 Å². The van der Waals surface area contributed by atoms with Crippen LogP contribution in [0.2, 0.25) is 0 Å². The van der Waals surface area contributed by atoms with E-state index in [1.165, 1.54) is 32.3 Å². The molecule has 0 aliphatic rings. The molecule has 10 heteroatoms. The Morgan fingerprint density at radius 3 is 2.34 bits per heavy atom. The van der Waals surface area contributed by atoms with Crippen LogP contribution in [-0.4, -0.2) is 31.8 Å². The Hall–Kier alpha value is -2.56. The van der Waals surface area contributed by atoms with Gasteiger partial charge in [0.25, 0.3) is 5.56 Å². The number of nitrogens with one attached hydrogen (secondary N) is 1. The molecule has 3 aromatic rings. The summed E-state index contributed by atoms with van der Waals surface area (Å²) in [7, 11) is -0.637. The van der Waals surface area contributed by atoms with Crippen molar-refractivity contribution < 1.29 is 21.9 Å². The number of aromatic amines is 1. The van der Waals surface area contributed by atoms with E-state index in [0.29, 0.717) is 17.7 Å². The molecule has 3 rings (SSSR count). The van der Waals surface area contributed by atoms with Gasteiger partial charge >= 0.3 is 0 Å². The number of aromatic nitrogens is 1. The molecule has 6 nitrogen and oxygen atoms in total. The van der Waals surface area contributed by atoms with Gasteiger partial charge in [-0.15, -0.1) is 0 Å². The minimum Gasteiger partial charge on any atom is -0.487 e. The Bertz CT molecular complexity index is 1310. The van der Waals surface area contributed by atoms with Crippen LogP contribution < -0.4 is 10.3 Å². The van der Waals surface area contributed by atoms with E-state index < -0.39 is 27.2 Å². The Morgan fingerprint density at radius 2 is 1.75 bits per heavy atom. The van der Waals surface area contributed by atoms with Crippen LogP contribution in [0.25, 0.3) is 0 Å². The number of sulfonamides is 1. The molecule has 2 aromatic carbocycles. The fraction of sp³-hybridized carbons (Fsp3) is 0.227. The number of ether oxygens (including phenoxy) is 1. The van der Waals surface area contributed by atoms with Crippen molar-refractivity contribution in [1.29, 1.82) is 0 Å². The largest absolute Gasteiger partial charge is 0.487 e. The highest BCUT2D eigenvalue weighted by molar-refractivity contribution is 9.10. The first-order chi connectivity index (χ1) is 15.0. The van der Waals surface area contributed by atoms with Crippen molar-refractivity contribution in [3.63, 3.8) is 0 Å². The maximum absolute atomic E-state index is 14.0. The van der Waals surface area contributed by atoms with Crippen molar-refractivity contribution in [3.8, 4) is 5.75 Å². The van der Waals surface area contributed by atoms with Gasteiger partial charge in [-0.05, 0) is 52.7 Å². The number of pyridine rings is 1. The van der Waals surface area contributed by atoms with Gasteiger partial charge in [-0.1, -0.05) is 12.1 Å². The number of nitrogens with zero attached hydrogens (tertiary/aromatic N) is 1. The maximum atomic E-state index is 14.0. The SMILES string of the molecule is Cc1[nH]c(=O)c(Br)c(OCc2ccc(F)cc2F)c1Cc1ccc(S(=O)(=O)N(C)C)cc1. The summed E-state index contributed by atoms with van der Waals surface area (Å²) in [4.78, 5) is 15.1. The molecule has 170 valence electrons. The number of benzene rings is 2.